The summed E-state index contributed by atoms with van der Waals surface area (Å²) in [7, 11) is -42.5. The molecule has 0 aromatic rings. The number of rotatable bonds is 84. The minimum absolute atomic E-state index is 1.00. The Morgan fingerprint density at radius 3 is 0.157 bits per heavy atom. The van der Waals surface area contributed by atoms with Crippen molar-refractivity contribution in [2.24, 2.45) is 0 Å². The Morgan fingerprint density at radius 2 is 0.116 bits per heavy atom. The fraction of sp³-hybridized carbons (Fsp3) is 0.308. The second kappa shape index (κ2) is 54.4. The molecule has 0 fully saturated rings. The van der Waals surface area contributed by atoms with Crippen molar-refractivity contribution < 1.29 is 0 Å². The van der Waals surface area contributed by atoms with E-state index >= 15 is 0 Å². The van der Waals surface area contributed by atoms with Crippen LogP contribution in [0.25, 0.3) is 0 Å². The highest BCUT2D eigenvalue weighted by Gasteiger charge is 2.51. The summed E-state index contributed by atoms with van der Waals surface area (Å²) in [6.07, 6.45) is 0. The van der Waals surface area contributed by atoms with Crippen LogP contribution in [0.3, 0.4) is 0 Å². The first-order valence-corrected chi connectivity index (χ1v) is 87.8. The zero-order valence-corrected chi connectivity index (χ0v) is 94.4. The van der Waals surface area contributed by atoms with Gasteiger partial charge in [-0.1, -0.05) is 326 Å². The van der Waals surface area contributed by atoms with Crippen LogP contribution in [0, 0.1) is 0 Å². The highest BCUT2D eigenvalue weighted by Crippen LogP contribution is 2.52. The molecule has 656 valence electrons. The summed E-state index contributed by atoms with van der Waals surface area (Å²) in [5, 5.41) is 0. The highest BCUT2D eigenvalue weighted by atomic mass is 28.4. The van der Waals surface area contributed by atoms with Crippen molar-refractivity contribution in [1.29, 1.82) is 0 Å². The van der Waals surface area contributed by atoms with Gasteiger partial charge in [-0.3, -0.25) is 0 Å². The monoisotopic (exact) mass is 1900 g/mol. The molecule has 0 bridgehead atoms. The molecule has 0 heterocycles. The van der Waals surface area contributed by atoms with Gasteiger partial charge >= 0.3 is 0 Å². The van der Waals surface area contributed by atoms with Crippen LogP contribution in [-0.4, -0.2) is 137 Å². The average Bonchev–Trinajstić information content (AvgIpc) is 0.786. The van der Waals surface area contributed by atoms with Gasteiger partial charge in [-0.05, 0) is 72.5 Å². The third kappa shape index (κ3) is 31.4. The Kier molecular flexibility index (Phi) is 51.8. The molecule has 0 spiro atoms. The zero-order chi connectivity index (χ0) is 92.6. The van der Waals surface area contributed by atoms with Gasteiger partial charge < -0.3 is 0 Å². The van der Waals surface area contributed by atoms with E-state index in [1.807, 2.05) is 0 Å². The first-order valence-electron chi connectivity index (χ1n) is 44.4. The molecule has 0 aromatic carbocycles. The molecule has 0 aliphatic heterocycles. The van der Waals surface area contributed by atoms with E-state index in [1.54, 1.807) is 0 Å². The van der Waals surface area contributed by atoms with Gasteiger partial charge in [-0.25, -0.2) is 0 Å². The quantitative estimate of drug-likeness (QED) is 0.0533. The normalized spacial score (nSPS) is 12.9. The fourth-order valence-corrected chi connectivity index (χ4v) is 102. The molecule has 0 aromatic heterocycles. The predicted molar refractivity (Wildman–Crippen MR) is 619 cm³/mol. The molecule has 0 saturated carbocycles. The first-order chi connectivity index (χ1) is 57.5. The summed E-state index contributed by atoms with van der Waals surface area (Å²) >= 11 is 0. The van der Waals surface area contributed by atoms with E-state index in [1.165, 1.54) is 48.4 Å². The van der Waals surface area contributed by atoms with E-state index in [-0.39, 0.29) is 0 Å². The predicted octanol–water partition coefficient (Wildman–Crippen LogP) is 32.7. The van der Waals surface area contributed by atoms with Crippen molar-refractivity contribution in [3.63, 3.8) is 0 Å². The van der Waals surface area contributed by atoms with Crippen LogP contribution >= 0.6 is 0 Å². The van der Waals surface area contributed by atoms with E-state index in [4.69, 9.17) is 0 Å². The van der Waals surface area contributed by atoms with Crippen LogP contribution < -0.4 is 0 Å². The average molecular weight is 1900 g/mol. The molecule has 0 aliphatic carbocycles. The SMILES string of the molecule is C=C[Si](C=C)(C=C)CC[Si](CC[Si](C=C)(C=C)C=C)(CC[Si](C=C)(C=C)C=C)CC[Si](CC[Si](CC[Si](C=C)(C=C)C=C)(CC[Si](C=C)(C=C)C=C)CC[Si](C=C)(C=C)C=C)(CC[Si](CC[Si](C=C)(C=C)C=C)(CC[Si](C=C)(C=C)C=C)CC[Si](C=C)(C=C)C=C)CC[Si](CC[Si](C=C)(C=C)C=C)(CC[Si](C=C)(C=C)C=C)CC[Si](C=C)(C=C)C=C. The maximum atomic E-state index is 4.63. The fourth-order valence-electron chi connectivity index (χ4n) is 18.3. The molecule has 17 heteroatoms. The second-order valence-corrected chi connectivity index (χ2v) is 109. The highest BCUT2D eigenvalue weighted by molar-refractivity contribution is 7.03. The molecule has 0 saturated heterocycles. The van der Waals surface area contributed by atoms with Crippen molar-refractivity contribution in [2.75, 3.05) is 0 Å². The van der Waals surface area contributed by atoms with Gasteiger partial charge in [0.05, 0.1) is 40.4 Å². The van der Waals surface area contributed by atoms with Gasteiger partial charge in [0, 0.05) is 0 Å². The van der Waals surface area contributed by atoms with Crippen molar-refractivity contribution >= 4 is 137 Å². The third-order valence-corrected chi connectivity index (χ3v) is 106. The van der Waals surface area contributed by atoms with Crippen molar-refractivity contribution in [1.82, 2.24) is 0 Å². The second-order valence-electron chi connectivity index (χ2n) is 36.2. The van der Waals surface area contributed by atoms with Crippen LogP contribution in [-0.2, 0) is 0 Å². The van der Waals surface area contributed by atoms with Crippen LogP contribution in [0.2, 0.25) is 193 Å². The van der Waals surface area contributed by atoms with Gasteiger partial charge in [0.2, 0.25) is 0 Å². The molecule has 0 aliphatic rings. The Balaban J connectivity index is 12.3. The van der Waals surface area contributed by atoms with Gasteiger partial charge in [-0.2, -0.15) is 0 Å². The van der Waals surface area contributed by atoms with Crippen molar-refractivity contribution in [3.8, 4) is 0 Å². The van der Waals surface area contributed by atoms with Crippen molar-refractivity contribution in [3.05, 3.63) is 442 Å². The van der Waals surface area contributed by atoms with Crippen LogP contribution in [0.1, 0.15) is 0 Å². The Morgan fingerprint density at radius 1 is 0.0744 bits per heavy atom. The number of hydrogen-bond donors (Lipinski definition) is 0. The summed E-state index contributed by atoms with van der Waals surface area (Å²) in [5.74, 6) is 0. The summed E-state index contributed by atoms with van der Waals surface area (Å²) in [6.45, 7) is 167. The molecule has 0 radical (unpaired) electrons. The van der Waals surface area contributed by atoms with Gasteiger partial charge in [-0.15, -0.1) is 237 Å². The molecule has 0 rings (SSSR count). The molecule has 0 nitrogen and oxygen atoms in total. The van der Waals surface area contributed by atoms with Crippen LogP contribution in [0.15, 0.2) is 442 Å². The van der Waals surface area contributed by atoms with Gasteiger partial charge in [0.1, 0.15) is 96.9 Å². The van der Waals surface area contributed by atoms with Gasteiger partial charge in [0.25, 0.3) is 0 Å². The van der Waals surface area contributed by atoms with Gasteiger partial charge in [0.15, 0.2) is 0 Å². The lowest BCUT2D eigenvalue weighted by molar-refractivity contribution is 0.985. The van der Waals surface area contributed by atoms with Crippen LogP contribution in [0.5, 0.6) is 0 Å². The van der Waals surface area contributed by atoms with Crippen LogP contribution in [0.4, 0.5) is 0 Å². The molecular weight excluding hydrogens is 1730 g/mol. The van der Waals surface area contributed by atoms with E-state index in [9.17, 15) is 0 Å². The molecule has 0 N–H and O–H groups in total. The smallest absolute Gasteiger partial charge is 0.106 e. The lowest BCUT2D eigenvalue weighted by Gasteiger charge is -2.47. The van der Waals surface area contributed by atoms with E-state index < -0.39 is 137 Å². The molecule has 0 unspecified atom stereocenters. The summed E-state index contributed by atoms with van der Waals surface area (Å²) in [4.78, 5) is 0. The molecule has 0 atom stereocenters. The minimum Gasteiger partial charge on any atom is -0.106 e. The number of hydrogen-bond acceptors (Lipinski definition) is 0. The third-order valence-electron chi connectivity index (χ3n) is 31.5. The topological polar surface area (TPSA) is 0 Å². The lowest BCUT2D eigenvalue weighted by Crippen LogP contribution is -2.49. The Labute approximate surface area is 765 Å². The summed E-state index contributed by atoms with van der Waals surface area (Å²) in [5.41, 5.74) is 80.7. The standard InChI is InChI=1S/C104H172Si17/c1-37-105(38-2,39-3)73-85-117(86-74-106(40-4,41-5)42-6,87-75-107(43-7,44-8)45-9)97-101-121(102-98-118(88-76-108(46-10,47-11)48-12,89-77-109(49-13,50-14)51-15)90-78-110(52-16,53-17)54-18,103-99-119(91-79-111(55-19,56-20)57-21,92-80-112(58-22,59-23)60-24)93-81-113(61-25,62-26)63-27)104-100-120(94-82-114(64-28,65-29)66-30,95-83-115(67-31,68-32)69-33)96-84-116(70-34,71-35)72-36/h37-72H,1-36,73-104H2. The Hall–Kier alpha value is -5.67. The van der Waals surface area contributed by atoms with E-state index in [0.29, 0.717) is 0 Å². The maximum absolute atomic E-state index is 4.63. The minimum atomic E-state index is -2.88. The first kappa shape index (κ1) is 115. The van der Waals surface area contributed by atoms with Crippen molar-refractivity contribution in [2.45, 2.75) is 193 Å². The summed E-state index contributed by atoms with van der Waals surface area (Å²) < 4.78 is 0. The molecular formula is C104H172Si17. The zero-order valence-electron chi connectivity index (χ0n) is 77.4. The Bertz CT molecular complexity index is 2700. The van der Waals surface area contributed by atoms with E-state index in [0.717, 1.165) is 145 Å². The maximum Gasteiger partial charge on any atom is 0.124 e. The summed E-state index contributed by atoms with van der Waals surface area (Å²) in [6, 6.07) is 34.8. The molecule has 0 amide bonds. The molecule has 121 heavy (non-hydrogen) atoms. The largest absolute Gasteiger partial charge is 0.124 e. The van der Waals surface area contributed by atoms with E-state index in [2.05, 4.69) is 442 Å². The lowest BCUT2D eigenvalue weighted by atomic mass is 10.8.